The molecule has 0 aromatic carbocycles. The summed E-state index contributed by atoms with van der Waals surface area (Å²) in [6, 6.07) is -0.363. The number of amides is 2. The Balaban J connectivity index is 1.92. The van der Waals surface area contributed by atoms with Crippen molar-refractivity contribution in [2.45, 2.75) is 25.8 Å². The first-order chi connectivity index (χ1) is 8.06. The Morgan fingerprint density at radius 2 is 2.18 bits per heavy atom. The Labute approximate surface area is 102 Å². The number of hydrogen-bond donors (Lipinski definition) is 1. The molecule has 2 saturated heterocycles. The predicted octanol–water partition coefficient (Wildman–Crippen LogP) is -0.325. The third-order valence-corrected chi connectivity index (χ3v) is 3.59. The third kappa shape index (κ3) is 2.97. The van der Waals surface area contributed by atoms with Crippen LogP contribution in [0.1, 0.15) is 19.8 Å². The molecule has 2 amide bonds. The second-order valence-corrected chi connectivity index (χ2v) is 5.28. The maximum Gasteiger partial charge on any atom is 0.245 e. The quantitative estimate of drug-likeness (QED) is 0.718. The van der Waals surface area contributed by atoms with Crippen molar-refractivity contribution in [3.8, 4) is 0 Å². The highest BCUT2D eigenvalue weighted by molar-refractivity contribution is 5.94. The van der Waals surface area contributed by atoms with Gasteiger partial charge in [0, 0.05) is 13.1 Å². The van der Waals surface area contributed by atoms with E-state index in [1.54, 1.807) is 11.8 Å². The zero-order valence-electron chi connectivity index (χ0n) is 10.6. The van der Waals surface area contributed by atoms with Gasteiger partial charge in [0.15, 0.2) is 0 Å². The van der Waals surface area contributed by atoms with Crippen molar-refractivity contribution < 1.29 is 9.59 Å². The van der Waals surface area contributed by atoms with E-state index in [9.17, 15) is 9.59 Å². The number of hydrogen-bond acceptors (Lipinski definition) is 3. The molecular weight excluding hydrogens is 218 g/mol. The number of piperazine rings is 1. The Hall–Kier alpha value is -1.10. The molecule has 0 aliphatic carbocycles. The van der Waals surface area contributed by atoms with Crippen LogP contribution < -0.4 is 5.32 Å². The molecule has 96 valence electrons. The zero-order chi connectivity index (χ0) is 12.4. The number of nitrogens with one attached hydrogen (secondary N) is 1. The number of carbonyl (C=O) groups is 2. The minimum atomic E-state index is -0.363. The SMILES string of the molecule is CC1NC(=O)CN(CC2CCCN(C)C2)C1=O. The van der Waals surface area contributed by atoms with Gasteiger partial charge in [-0.15, -0.1) is 0 Å². The average molecular weight is 239 g/mol. The van der Waals surface area contributed by atoms with Gasteiger partial charge in [-0.3, -0.25) is 9.59 Å². The minimum absolute atomic E-state index is 0.0405. The van der Waals surface area contributed by atoms with E-state index in [4.69, 9.17) is 0 Å². The number of likely N-dealkylation sites (tertiary alicyclic amines) is 1. The second kappa shape index (κ2) is 5.04. The van der Waals surface area contributed by atoms with Crippen molar-refractivity contribution in [2.24, 2.45) is 5.92 Å². The zero-order valence-corrected chi connectivity index (χ0v) is 10.6. The molecule has 5 nitrogen and oxygen atoms in total. The molecule has 2 unspecified atom stereocenters. The molecule has 2 aliphatic heterocycles. The van der Waals surface area contributed by atoms with Gasteiger partial charge >= 0.3 is 0 Å². The highest BCUT2D eigenvalue weighted by Crippen LogP contribution is 2.17. The molecule has 5 heteroatoms. The molecule has 17 heavy (non-hydrogen) atoms. The Kier molecular flexibility index (Phi) is 3.66. The molecule has 2 fully saturated rings. The monoisotopic (exact) mass is 239 g/mol. The van der Waals surface area contributed by atoms with Crippen LogP contribution in [0.25, 0.3) is 0 Å². The van der Waals surface area contributed by atoms with Gasteiger partial charge < -0.3 is 15.1 Å². The molecule has 0 aromatic rings. The van der Waals surface area contributed by atoms with E-state index in [-0.39, 0.29) is 24.4 Å². The molecule has 2 rings (SSSR count). The van der Waals surface area contributed by atoms with Crippen LogP contribution >= 0.6 is 0 Å². The smallest absolute Gasteiger partial charge is 0.245 e. The maximum atomic E-state index is 11.9. The van der Waals surface area contributed by atoms with E-state index in [2.05, 4.69) is 17.3 Å². The summed E-state index contributed by atoms with van der Waals surface area (Å²) in [6.45, 7) is 4.87. The van der Waals surface area contributed by atoms with Crippen molar-refractivity contribution in [2.75, 3.05) is 33.2 Å². The van der Waals surface area contributed by atoms with E-state index in [1.807, 2.05) is 0 Å². The summed E-state index contributed by atoms with van der Waals surface area (Å²) in [4.78, 5) is 27.4. The van der Waals surface area contributed by atoms with Crippen molar-refractivity contribution in [3.05, 3.63) is 0 Å². The van der Waals surface area contributed by atoms with Gasteiger partial charge in [0.1, 0.15) is 6.04 Å². The van der Waals surface area contributed by atoms with Crippen LogP contribution in [0.2, 0.25) is 0 Å². The fourth-order valence-electron chi connectivity index (χ4n) is 2.76. The van der Waals surface area contributed by atoms with Gasteiger partial charge in [0.2, 0.25) is 11.8 Å². The number of carbonyl (C=O) groups excluding carboxylic acids is 2. The summed E-state index contributed by atoms with van der Waals surface area (Å²) in [5, 5.41) is 2.66. The standard InChI is InChI=1S/C12H21N3O2/c1-9-12(17)15(8-11(16)13-9)7-10-4-3-5-14(2)6-10/h9-10H,3-8H2,1-2H3,(H,13,16). The lowest BCUT2D eigenvalue weighted by atomic mass is 9.97. The summed E-state index contributed by atoms with van der Waals surface area (Å²) in [5.41, 5.74) is 0. The van der Waals surface area contributed by atoms with Crippen LogP contribution in [0.4, 0.5) is 0 Å². The summed E-state index contributed by atoms with van der Waals surface area (Å²) in [7, 11) is 2.11. The first-order valence-corrected chi connectivity index (χ1v) is 6.33. The number of rotatable bonds is 2. The molecule has 0 radical (unpaired) electrons. The molecule has 0 bridgehead atoms. The highest BCUT2D eigenvalue weighted by Gasteiger charge is 2.31. The fraction of sp³-hybridized carbons (Fsp3) is 0.833. The Morgan fingerprint density at radius 3 is 2.88 bits per heavy atom. The lowest BCUT2D eigenvalue weighted by Crippen LogP contribution is -2.58. The van der Waals surface area contributed by atoms with Gasteiger partial charge in [-0.1, -0.05) is 0 Å². The van der Waals surface area contributed by atoms with Gasteiger partial charge in [-0.2, -0.15) is 0 Å². The number of piperidine rings is 1. The van der Waals surface area contributed by atoms with E-state index < -0.39 is 0 Å². The molecule has 0 saturated carbocycles. The van der Waals surface area contributed by atoms with E-state index >= 15 is 0 Å². The van der Waals surface area contributed by atoms with Crippen LogP contribution in [0, 0.1) is 5.92 Å². The number of nitrogens with zero attached hydrogens (tertiary/aromatic N) is 2. The van der Waals surface area contributed by atoms with Crippen LogP contribution in [0.5, 0.6) is 0 Å². The predicted molar refractivity (Wildman–Crippen MR) is 64.4 cm³/mol. The van der Waals surface area contributed by atoms with E-state index in [0.29, 0.717) is 5.92 Å². The normalized spacial score (nSPS) is 31.5. The minimum Gasteiger partial charge on any atom is -0.343 e. The van der Waals surface area contributed by atoms with E-state index in [1.165, 1.54) is 6.42 Å². The van der Waals surface area contributed by atoms with Crippen LogP contribution in [0.3, 0.4) is 0 Å². The lowest BCUT2D eigenvalue weighted by Gasteiger charge is -2.36. The summed E-state index contributed by atoms with van der Waals surface area (Å²) < 4.78 is 0. The second-order valence-electron chi connectivity index (χ2n) is 5.28. The topological polar surface area (TPSA) is 52.7 Å². The average Bonchev–Trinajstić information content (AvgIpc) is 2.25. The molecule has 2 atom stereocenters. The summed E-state index contributed by atoms with van der Waals surface area (Å²) >= 11 is 0. The Bertz CT molecular complexity index is 319. The van der Waals surface area contributed by atoms with Crippen LogP contribution in [-0.4, -0.2) is 60.9 Å². The third-order valence-electron chi connectivity index (χ3n) is 3.59. The van der Waals surface area contributed by atoms with Gasteiger partial charge in [-0.05, 0) is 39.3 Å². The fourth-order valence-corrected chi connectivity index (χ4v) is 2.76. The molecule has 2 aliphatic rings. The molecule has 2 heterocycles. The summed E-state index contributed by atoms with van der Waals surface area (Å²) in [5.74, 6) is 0.523. The highest BCUT2D eigenvalue weighted by atomic mass is 16.2. The van der Waals surface area contributed by atoms with Crippen molar-refractivity contribution in [1.82, 2.24) is 15.1 Å². The van der Waals surface area contributed by atoms with Crippen molar-refractivity contribution in [1.29, 1.82) is 0 Å². The molecule has 0 aromatic heterocycles. The van der Waals surface area contributed by atoms with Crippen LogP contribution in [-0.2, 0) is 9.59 Å². The summed E-state index contributed by atoms with van der Waals surface area (Å²) in [6.07, 6.45) is 2.34. The molecular formula is C12H21N3O2. The largest absolute Gasteiger partial charge is 0.343 e. The van der Waals surface area contributed by atoms with Gasteiger partial charge in [0.25, 0.3) is 0 Å². The van der Waals surface area contributed by atoms with Crippen molar-refractivity contribution >= 4 is 11.8 Å². The van der Waals surface area contributed by atoms with Gasteiger partial charge in [-0.25, -0.2) is 0 Å². The maximum absolute atomic E-state index is 11.9. The van der Waals surface area contributed by atoms with E-state index in [0.717, 1.165) is 26.1 Å². The first-order valence-electron chi connectivity index (χ1n) is 6.33. The first kappa shape index (κ1) is 12.4. The van der Waals surface area contributed by atoms with Gasteiger partial charge in [0.05, 0.1) is 6.54 Å². The lowest BCUT2D eigenvalue weighted by molar-refractivity contribution is -0.144. The van der Waals surface area contributed by atoms with Crippen molar-refractivity contribution in [3.63, 3.8) is 0 Å². The molecule has 1 N–H and O–H groups in total. The van der Waals surface area contributed by atoms with Crippen LogP contribution in [0.15, 0.2) is 0 Å². The Morgan fingerprint density at radius 1 is 1.41 bits per heavy atom. The molecule has 0 spiro atoms.